The Morgan fingerprint density at radius 1 is 1.43 bits per heavy atom. The molecule has 1 fully saturated rings. The number of fused-ring (bicyclic) bond motifs is 2. The van der Waals surface area contributed by atoms with E-state index in [0.717, 1.165) is 19.4 Å². The number of hydrogen-bond donors (Lipinski definition) is 2. The summed E-state index contributed by atoms with van der Waals surface area (Å²) in [6.45, 7) is 5.37. The number of ether oxygens (including phenoxy) is 1. The van der Waals surface area contributed by atoms with Crippen molar-refractivity contribution in [2.45, 2.75) is 44.4 Å². The fraction of sp³-hybridized carbons (Fsp3) is 0.579. The number of likely N-dealkylation sites (tertiary alicyclic amines) is 1. The van der Waals surface area contributed by atoms with E-state index in [1.54, 1.807) is 0 Å². The van der Waals surface area contributed by atoms with Gasteiger partial charge in [-0.25, -0.2) is 0 Å². The number of nitrogens with one attached hydrogen (secondary N) is 1. The molecule has 1 aromatic heterocycles. The van der Waals surface area contributed by atoms with Gasteiger partial charge in [0, 0.05) is 36.3 Å². The average molecular weight is 314 g/mol. The molecule has 4 rings (SSSR count). The van der Waals surface area contributed by atoms with Crippen LogP contribution in [0, 0.1) is 5.92 Å². The largest absolute Gasteiger partial charge is 0.396 e. The van der Waals surface area contributed by atoms with E-state index in [0.29, 0.717) is 6.04 Å². The zero-order chi connectivity index (χ0) is 16.2. The second-order valence-corrected chi connectivity index (χ2v) is 7.51. The maximum atomic E-state index is 9.81. The van der Waals surface area contributed by atoms with Gasteiger partial charge in [0.25, 0.3) is 0 Å². The van der Waals surface area contributed by atoms with E-state index in [1.165, 1.54) is 22.0 Å². The minimum atomic E-state index is -0.330. The molecule has 0 spiro atoms. The summed E-state index contributed by atoms with van der Waals surface area (Å²) in [5.74, 6) is 0.255. The maximum absolute atomic E-state index is 9.81. The second-order valence-electron chi connectivity index (χ2n) is 7.51. The number of benzene rings is 1. The van der Waals surface area contributed by atoms with Crippen molar-refractivity contribution in [2.75, 3.05) is 20.2 Å². The molecular formula is C19H26N2O2. The SMILES string of the molecule is CC(C)O[C@]12CC(CO)CN(C)[C@@H]1Cc1c[nH]c3cccc2c13. The summed E-state index contributed by atoms with van der Waals surface area (Å²) in [5, 5.41) is 11.1. The Hall–Kier alpha value is -1.36. The number of rotatable bonds is 3. The molecule has 0 bridgehead atoms. The molecule has 2 aromatic rings. The number of aromatic amines is 1. The van der Waals surface area contributed by atoms with Crippen LogP contribution < -0.4 is 0 Å². The lowest BCUT2D eigenvalue weighted by atomic mass is 9.68. The number of aliphatic hydroxyl groups excluding tert-OH is 1. The van der Waals surface area contributed by atoms with Crippen LogP contribution in [0.15, 0.2) is 24.4 Å². The van der Waals surface area contributed by atoms with Gasteiger partial charge in [0.1, 0.15) is 5.60 Å². The third-order valence-electron chi connectivity index (χ3n) is 5.57. The quantitative estimate of drug-likeness (QED) is 0.916. The first-order valence-electron chi connectivity index (χ1n) is 8.63. The van der Waals surface area contributed by atoms with Gasteiger partial charge in [0.05, 0.1) is 6.10 Å². The van der Waals surface area contributed by atoms with Gasteiger partial charge >= 0.3 is 0 Å². The summed E-state index contributed by atoms with van der Waals surface area (Å²) in [4.78, 5) is 5.81. The van der Waals surface area contributed by atoms with Crippen LogP contribution in [0.1, 0.15) is 31.4 Å². The highest BCUT2D eigenvalue weighted by molar-refractivity contribution is 5.88. The van der Waals surface area contributed by atoms with Crippen LogP contribution in [0.25, 0.3) is 10.9 Å². The first-order chi connectivity index (χ1) is 11.0. The van der Waals surface area contributed by atoms with Gasteiger partial charge in [-0.3, -0.25) is 4.90 Å². The van der Waals surface area contributed by atoms with E-state index in [2.05, 4.69) is 55.2 Å². The van der Waals surface area contributed by atoms with Gasteiger partial charge in [0.2, 0.25) is 0 Å². The lowest BCUT2D eigenvalue weighted by molar-refractivity contribution is -0.170. The van der Waals surface area contributed by atoms with Crippen LogP contribution >= 0.6 is 0 Å². The second kappa shape index (κ2) is 5.33. The average Bonchev–Trinajstić information content (AvgIpc) is 2.93. The minimum absolute atomic E-state index is 0.152. The van der Waals surface area contributed by atoms with Crippen LogP contribution in [0.5, 0.6) is 0 Å². The number of aliphatic hydroxyl groups is 1. The summed E-state index contributed by atoms with van der Waals surface area (Å²) in [7, 11) is 2.17. The predicted octanol–water partition coefficient (Wildman–Crippen LogP) is 2.66. The van der Waals surface area contributed by atoms with E-state index < -0.39 is 0 Å². The summed E-state index contributed by atoms with van der Waals surface area (Å²) in [6.07, 6.45) is 4.19. The smallest absolute Gasteiger partial charge is 0.110 e. The Labute approximate surface area is 137 Å². The normalized spacial score (nSPS) is 30.8. The molecule has 1 aromatic carbocycles. The number of hydrogen-bond acceptors (Lipinski definition) is 3. The topological polar surface area (TPSA) is 48.5 Å². The summed E-state index contributed by atoms with van der Waals surface area (Å²) < 4.78 is 6.64. The third kappa shape index (κ3) is 2.16. The molecule has 1 aliphatic carbocycles. The van der Waals surface area contributed by atoms with Gasteiger partial charge < -0.3 is 14.8 Å². The Kier molecular flexibility index (Phi) is 3.52. The van der Waals surface area contributed by atoms with Gasteiger partial charge in [-0.15, -0.1) is 0 Å². The van der Waals surface area contributed by atoms with Crippen molar-refractivity contribution in [3.8, 4) is 0 Å². The molecule has 124 valence electrons. The molecule has 2 N–H and O–H groups in total. The first-order valence-corrected chi connectivity index (χ1v) is 8.63. The zero-order valence-electron chi connectivity index (χ0n) is 14.2. The van der Waals surface area contributed by atoms with Gasteiger partial charge in [-0.05, 0) is 56.8 Å². The number of H-pyrrole nitrogens is 1. The molecule has 0 amide bonds. The summed E-state index contributed by atoms with van der Waals surface area (Å²) in [6, 6.07) is 6.80. The van der Waals surface area contributed by atoms with Crippen molar-refractivity contribution >= 4 is 10.9 Å². The van der Waals surface area contributed by atoms with E-state index in [-0.39, 0.29) is 24.2 Å². The van der Waals surface area contributed by atoms with Gasteiger partial charge in [-0.2, -0.15) is 0 Å². The monoisotopic (exact) mass is 314 g/mol. The highest BCUT2D eigenvalue weighted by Gasteiger charge is 2.52. The molecule has 1 saturated heterocycles. The molecule has 0 saturated carbocycles. The highest BCUT2D eigenvalue weighted by Crippen LogP contribution is 2.50. The van der Waals surface area contributed by atoms with Crippen molar-refractivity contribution in [1.82, 2.24) is 9.88 Å². The van der Waals surface area contributed by atoms with Crippen molar-refractivity contribution < 1.29 is 9.84 Å². The Morgan fingerprint density at radius 2 is 2.26 bits per heavy atom. The maximum Gasteiger partial charge on any atom is 0.110 e. The number of nitrogens with zero attached hydrogens (tertiary/aromatic N) is 1. The number of likely N-dealkylation sites (N-methyl/N-ethyl adjacent to an activating group) is 1. The zero-order valence-corrected chi connectivity index (χ0v) is 14.2. The molecule has 1 unspecified atom stereocenters. The Balaban J connectivity index is 1.94. The number of aromatic nitrogens is 1. The van der Waals surface area contributed by atoms with Crippen LogP contribution in [-0.4, -0.2) is 47.3 Å². The Morgan fingerprint density at radius 3 is 3.00 bits per heavy atom. The van der Waals surface area contributed by atoms with E-state index in [9.17, 15) is 5.11 Å². The fourth-order valence-electron chi connectivity index (χ4n) is 4.84. The fourth-order valence-corrected chi connectivity index (χ4v) is 4.84. The highest BCUT2D eigenvalue weighted by atomic mass is 16.5. The van der Waals surface area contributed by atoms with Crippen LogP contribution in [-0.2, 0) is 16.8 Å². The van der Waals surface area contributed by atoms with Crippen LogP contribution in [0.4, 0.5) is 0 Å². The molecule has 4 nitrogen and oxygen atoms in total. The van der Waals surface area contributed by atoms with Gasteiger partial charge in [0.15, 0.2) is 0 Å². The van der Waals surface area contributed by atoms with Crippen LogP contribution in [0.2, 0.25) is 0 Å². The summed E-state index contributed by atoms with van der Waals surface area (Å²) >= 11 is 0. The molecule has 4 heteroatoms. The molecule has 2 heterocycles. The predicted molar refractivity (Wildman–Crippen MR) is 91.5 cm³/mol. The lowest BCUT2D eigenvalue weighted by Crippen LogP contribution is -2.60. The molecule has 3 atom stereocenters. The Bertz CT molecular complexity index is 723. The molecule has 0 radical (unpaired) electrons. The van der Waals surface area contributed by atoms with Crippen LogP contribution in [0.3, 0.4) is 0 Å². The van der Waals surface area contributed by atoms with E-state index in [1.807, 2.05) is 0 Å². The minimum Gasteiger partial charge on any atom is -0.396 e. The number of piperidine rings is 1. The van der Waals surface area contributed by atoms with E-state index in [4.69, 9.17) is 4.74 Å². The van der Waals surface area contributed by atoms with Gasteiger partial charge in [-0.1, -0.05) is 12.1 Å². The van der Waals surface area contributed by atoms with Crippen molar-refractivity contribution in [1.29, 1.82) is 0 Å². The van der Waals surface area contributed by atoms with Crippen molar-refractivity contribution in [3.63, 3.8) is 0 Å². The van der Waals surface area contributed by atoms with Crippen molar-refractivity contribution in [2.24, 2.45) is 5.92 Å². The third-order valence-corrected chi connectivity index (χ3v) is 5.57. The molecular weight excluding hydrogens is 288 g/mol. The van der Waals surface area contributed by atoms with E-state index >= 15 is 0 Å². The summed E-state index contributed by atoms with van der Waals surface area (Å²) in [5.41, 5.74) is 3.54. The van der Waals surface area contributed by atoms with Crippen molar-refractivity contribution in [3.05, 3.63) is 35.5 Å². The molecule has 1 aliphatic heterocycles. The first kappa shape index (κ1) is 15.2. The molecule has 2 aliphatic rings. The standard InChI is InChI=1S/C19H26N2O2/c1-12(2)23-19-8-13(11-22)10-21(3)17(19)7-14-9-20-16-6-4-5-15(19)18(14)16/h4-6,9,12-13,17,20,22H,7-8,10-11H2,1-3H3/t13?,17-,19+/m1/s1. The molecule has 23 heavy (non-hydrogen) atoms. The lowest BCUT2D eigenvalue weighted by Gasteiger charge is -2.54.